The molecule has 2 aromatic rings. The van der Waals surface area contributed by atoms with Crippen LogP contribution in [-0.4, -0.2) is 18.0 Å². The number of nitrogens with two attached hydrogens (primary N) is 1. The van der Waals surface area contributed by atoms with E-state index in [1.54, 1.807) is 12.1 Å². The van der Waals surface area contributed by atoms with E-state index >= 15 is 0 Å². The number of nitrogens with zero attached hydrogens (tertiary/aromatic N) is 1. The third kappa shape index (κ3) is 3.65. The molecule has 106 valence electrons. The number of hydrogen-bond donors (Lipinski definition) is 1. The molecule has 3 heteroatoms. The Bertz CT molecular complexity index is 540. The second-order valence-corrected chi connectivity index (χ2v) is 5.26. The van der Waals surface area contributed by atoms with Gasteiger partial charge in [0.25, 0.3) is 0 Å². The molecule has 2 N–H and O–H groups in total. The Hall–Kier alpha value is -1.71. The van der Waals surface area contributed by atoms with Gasteiger partial charge in [-0.1, -0.05) is 42.5 Å². The van der Waals surface area contributed by atoms with Crippen LogP contribution in [0.25, 0.3) is 0 Å². The van der Waals surface area contributed by atoms with Crippen LogP contribution in [0.15, 0.2) is 54.6 Å². The zero-order chi connectivity index (χ0) is 14.5. The van der Waals surface area contributed by atoms with Gasteiger partial charge in [-0.05, 0) is 37.2 Å². The van der Waals surface area contributed by atoms with Crippen molar-refractivity contribution < 1.29 is 4.39 Å². The van der Waals surface area contributed by atoms with Crippen molar-refractivity contribution in [3.63, 3.8) is 0 Å². The first kappa shape index (κ1) is 14.7. The quantitative estimate of drug-likeness (QED) is 0.904. The zero-order valence-corrected chi connectivity index (χ0v) is 12.0. The lowest BCUT2D eigenvalue weighted by Gasteiger charge is -2.31. The lowest BCUT2D eigenvalue weighted by atomic mass is 9.99. The summed E-state index contributed by atoms with van der Waals surface area (Å²) in [5.41, 5.74) is 8.24. The number of likely N-dealkylation sites (N-methyl/N-ethyl adjacent to an activating group) is 1. The van der Waals surface area contributed by atoms with E-state index in [0.29, 0.717) is 0 Å². The van der Waals surface area contributed by atoms with Crippen molar-refractivity contribution in [2.24, 2.45) is 5.73 Å². The Morgan fingerprint density at radius 2 is 1.80 bits per heavy atom. The van der Waals surface area contributed by atoms with Crippen molar-refractivity contribution in [3.8, 4) is 0 Å². The van der Waals surface area contributed by atoms with Crippen LogP contribution in [0.4, 0.5) is 4.39 Å². The first-order valence-electron chi connectivity index (χ1n) is 6.83. The van der Waals surface area contributed by atoms with E-state index in [1.165, 1.54) is 11.6 Å². The standard InChI is InChI=1S/C17H21FN2/c1-13(19)17(15-9-6-10-16(18)11-15)20(2)12-14-7-4-3-5-8-14/h3-11,13,17H,12,19H2,1-2H3. The van der Waals surface area contributed by atoms with Gasteiger partial charge < -0.3 is 5.73 Å². The average molecular weight is 272 g/mol. The van der Waals surface area contributed by atoms with Gasteiger partial charge in [0.15, 0.2) is 0 Å². The Kier molecular flexibility index (Phi) is 4.88. The summed E-state index contributed by atoms with van der Waals surface area (Å²) in [7, 11) is 2.02. The molecule has 2 atom stereocenters. The summed E-state index contributed by atoms with van der Waals surface area (Å²) < 4.78 is 13.4. The lowest BCUT2D eigenvalue weighted by molar-refractivity contribution is 0.210. The summed E-state index contributed by atoms with van der Waals surface area (Å²) in [6.07, 6.45) is 0. The summed E-state index contributed by atoms with van der Waals surface area (Å²) in [6.45, 7) is 2.74. The van der Waals surface area contributed by atoms with Gasteiger partial charge in [-0.25, -0.2) is 4.39 Å². The smallest absolute Gasteiger partial charge is 0.123 e. The zero-order valence-electron chi connectivity index (χ0n) is 12.0. The second kappa shape index (κ2) is 6.64. The van der Waals surface area contributed by atoms with Crippen LogP contribution in [0.1, 0.15) is 24.1 Å². The topological polar surface area (TPSA) is 29.3 Å². The van der Waals surface area contributed by atoms with Crippen molar-refractivity contribution in [2.45, 2.75) is 25.6 Å². The van der Waals surface area contributed by atoms with Gasteiger partial charge in [-0.15, -0.1) is 0 Å². The number of hydrogen-bond acceptors (Lipinski definition) is 2. The highest BCUT2D eigenvalue weighted by atomic mass is 19.1. The Labute approximate surface area is 120 Å². The minimum absolute atomic E-state index is 0.00842. The monoisotopic (exact) mass is 272 g/mol. The molecule has 0 bridgehead atoms. The molecule has 2 aromatic carbocycles. The molecule has 0 radical (unpaired) electrons. The molecule has 0 saturated heterocycles. The van der Waals surface area contributed by atoms with Gasteiger partial charge in [-0.2, -0.15) is 0 Å². The van der Waals surface area contributed by atoms with Gasteiger partial charge in [0, 0.05) is 18.6 Å². The average Bonchev–Trinajstić information content (AvgIpc) is 2.39. The minimum Gasteiger partial charge on any atom is -0.326 e. The number of benzene rings is 2. The van der Waals surface area contributed by atoms with E-state index in [0.717, 1.165) is 12.1 Å². The van der Waals surface area contributed by atoms with Gasteiger partial charge in [0.1, 0.15) is 5.82 Å². The summed E-state index contributed by atoms with van der Waals surface area (Å²) >= 11 is 0. The molecule has 0 saturated carbocycles. The molecule has 0 aliphatic rings. The van der Waals surface area contributed by atoms with Gasteiger partial charge in [-0.3, -0.25) is 4.90 Å². The van der Waals surface area contributed by atoms with Crippen molar-refractivity contribution in [1.82, 2.24) is 4.90 Å². The van der Waals surface area contributed by atoms with Crippen LogP contribution in [-0.2, 0) is 6.54 Å². The molecule has 0 amide bonds. The molecule has 0 spiro atoms. The molecule has 0 fully saturated rings. The predicted molar refractivity (Wildman–Crippen MR) is 80.7 cm³/mol. The number of rotatable bonds is 5. The van der Waals surface area contributed by atoms with Crippen LogP contribution in [0.2, 0.25) is 0 Å². The normalized spacial score (nSPS) is 14.2. The van der Waals surface area contributed by atoms with Crippen molar-refractivity contribution >= 4 is 0 Å². The molecule has 2 nitrogen and oxygen atoms in total. The molecule has 2 rings (SSSR count). The van der Waals surface area contributed by atoms with Crippen LogP contribution in [0.5, 0.6) is 0 Å². The maximum atomic E-state index is 13.4. The summed E-state index contributed by atoms with van der Waals surface area (Å²) in [6, 6.07) is 16.8. The lowest BCUT2D eigenvalue weighted by Crippen LogP contribution is -2.37. The number of halogens is 1. The highest BCUT2D eigenvalue weighted by Crippen LogP contribution is 2.24. The van der Waals surface area contributed by atoms with E-state index in [9.17, 15) is 4.39 Å². The maximum Gasteiger partial charge on any atom is 0.123 e. The third-order valence-electron chi connectivity index (χ3n) is 3.44. The van der Waals surface area contributed by atoms with Crippen molar-refractivity contribution in [3.05, 3.63) is 71.5 Å². The van der Waals surface area contributed by atoms with Crippen LogP contribution >= 0.6 is 0 Å². The third-order valence-corrected chi connectivity index (χ3v) is 3.44. The highest BCUT2D eigenvalue weighted by Gasteiger charge is 2.21. The molecule has 20 heavy (non-hydrogen) atoms. The van der Waals surface area contributed by atoms with E-state index < -0.39 is 0 Å². The minimum atomic E-state index is -0.221. The van der Waals surface area contributed by atoms with Gasteiger partial charge in [0.2, 0.25) is 0 Å². The summed E-state index contributed by atoms with van der Waals surface area (Å²) in [5.74, 6) is -0.221. The van der Waals surface area contributed by atoms with E-state index in [4.69, 9.17) is 5.73 Å². The largest absolute Gasteiger partial charge is 0.326 e. The molecule has 0 aliphatic heterocycles. The Morgan fingerprint density at radius 3 is 2.40 bits per heavy atom. The molecule has 0 aromatic heterocycles. The molecule has 0 aliphatic carbocycles. The van der Waals surface area contributed by atoms with E-state index in [2.05, 4.69) is 17.0 Å². The van der Waals surface area contributed by atoms with Gasteiger partial charge in [0.05, 0.1) is 0 Å². The SMILES string of the molecule is CC(N)C(c1cccc(F)c1)N(C)Cc1ccccc1. The molecular formula is C17H21FN2. The fourth-order valence-corrected chi connectivity index (χ4v) is 2.62. The summed E-state index contributed by atoms with van der Waals surface area (Å²) in [5, 5.41) is 0. The Morgan fingerprint density at radius 1 is 1.10 bits per heavy atom. The summed E-state index contributed by atoms with van der Waals surface area (Å²) in [4.78, 5) is 2.16. The molecular weight excluding hydrogens is 251 g/mol. The van der Waals surface area contributed by atoms with Crippen molar-refractivity contribution in [2.75, 3.05) is 7.05 Å². The molecule has 2 unspecified atom stereocenters. The molecule has 0 heterocycles. The highest BCUT2D eigenvalue weighted by molar-refractivity contribution is 5.22. The first-order valence-corrected chi connectivity index (χ1v) is 6.83. The van der Waals surface area contributed by atoms with Crippen LogP contribution < -0.4 is 5.73 Å². The van der Waals surface area contributed by atoms with E-state index in [1.807, 2.05) is 38.2 Å². The second-order valence-electron chi connectivity index (χ2n) is 5.26. The van der Waals surface area contributed by atoms with E-state index in [-0.39, 0.29) is 17.9 Å². The first-order chi connectivity index (χ1) is 9.58. The van der Waals surface area contributed by atoms with Gasteiger partial charge >= 0.3 is 0 Å². The Balaban J connectivity index is 2.20. The van der Waals surface area contributed by atoms with Crippen molar-refractivity contribution in [1.29, 1.82) is 0 Å². The predicted octanol–water partition coefficient (Wildman–Crippen LogP) is 3.35. The van der Waals surface area contributed by atoms with Crippen LogP contribution in [0.3, 0.4) is 0 Å². The fourth-order valence-electron chi connectivity index (χ4n) is 2.62. The maximum absolute atomic E-state index is 13.4. The fraction of sp³-hybridized carbons (Fsp3) is 0.294. The van der Waals surface area contributed by atoms with Crippen LogP contribution in [0, 0.1) is 5.82 Å².